The minimum absolute atomic E-state index is 0.175. The molecule has 0 atom stereocenters. The molecule has 0 aliphatic rings. The first-order chi connectivity index (χ1) is 9.78. The zero-order valence-electron chi connectivity index (χ0n) is 10.7. The Kier molecular flexibility index (Phi) is 3.91. The van der Waals surface area contributed by atoms with Crippen molar-refractivity contribution in [3.63, 3.8) is 0 Å². The fourth-order valence-electron chi connectivity index (χ4n) is 2.07. The lowest BCUT2D eigenvalue weighted by atomic mass is 10.1. The average molecular weight is 308 g/mol. The van der Waals surface area contributed by atoms with Gasteiger partial charge in [-0.3, -0.25) is 4.40 Å². The van der Waals surface area contributed by atoms with Gasteiger partial charge >= 0.3 is 0 Å². The second kappa shape index (κ2) is 5.83. The lowest BCUT2D eigenvalue weighted by molar-refractivity contribution is 0.299. The van der Waals surface area contributed by atoms with Crippen molar-refractivity contribution in [2.75, 3.05) is 11.9 Å². The summed E-state index contributed by atoms with van der Waals surface area (Å²) in [5.74, 6) is 0. The summed E-state index contributed by atoms with van der Waals surface area (Å²) in [4.78, 5) is 5.21. The fourth-order valence-corrected chi connectivity index (χ4v) is 3.09. The summed E-state index contributed by atoms with van der Waals surface area (Å²) in [7, 11) is 0. The first-order valence-electron chi connectivity index (χ1n) is 6.31. The Labute approximate surface area is 125 Å². The second-order valence-corrected chi connectivity index (χ2v) is 5.66. The van der Waals surface area contributed by atoms with Crippen molar-refractivity contribution in [2.45, 2.75) is 13.0 Å². The molecule has 3 rings (SSSR count). The minimum Gasteiger partial charge on any atom is -0.396 e. The first kappa shape index (κ1) is 13.4. The Balaban J connectivity index is 1.72. The van der Waals surface area contributed by atoms with E-state index in [1.165, 1.54) is 0 Å². The molecule has 0 aliphatic heterocycles. The van der Waals surface area contributed by atoms with Gasteiger partial charge in [0.15, 0.2) is 10.1 Å². The van der Waals surface area contributed by atoms with Gasteiger partial charge in [0.25, 0.3) is 0 Å². The number of benzene rings is 1. The summed E-state index contributed by atoms with van der Waals surface area (Å²) in [5.41, 5.74) is 3.11. The summed E-state index contributed by atoms with van der Waals surface area (Å²) in [5, 5.41) is 14.8. The van der Waals surface area contributed by atoms with Crippen LogP contribution in [0.5, 0.6) is 0 Å². The predicted molar refractivity (Wildman–Crippen MR) is 82.6 cm³/mol. The summed E-state index contributed by atoms with van der Waals surface area (Å²) in [6.07, 6.45) is 2.66. The van der Waals surface area contributed by atoms with Crippen molar-refractivity contribution < 1.29 is 5.11 Å². The van der Waals surface area contributed by atoms with Gasteiger partial charge in [-0.2, -0.15) is 0 Å². The number of nitrogens with zero attached hydrogens (tertiary/aromatic N) is 2. The lowest BCUT2D eigenvalue weighted by Crippen LogP contribution is -2.02. The Morgan fingerprint density at radius 2 is 2.10 bits per heavy atom. The zero-order chi connectivity index (χ0) is 13.9. The fraction of sp³-hybridized carbons (Fsp3) is 0.214. The van der Waals surface area contributed by atoms with Crippen LogP contribution >= 0.6 is 22.9 Å². The molecule has 0 radical (unpaired) electrons. The monoisotopic (exact) mass is 307 g/mol. The maximum Gasteiger partial charge on any atom is 0.195 e. The van der Waals surface area contributed by atoms with E-state index in [9.17, 15) is 0 Å². The Bertz CT molecular complexity index is 705. The van der Waals surface area contributed by atoms with E-state index in [2.05, 4.69) is 10.3 Å². The number of rotatable bonds is 5. The minimum atomic E-state index is 0.175. The SMILES string of the molecule is OCCc1ccc(NCc2c(Cl)nc3sccn23)cc1. The van der Waals surface area contributed by atoms with Crippen LogP contribution < -0.4 is 5.32 Å². The smallest absolute Gasteiger partial charge is 0.195 e. The summed E-state index contributed by atoms with van der Waals surface area (Å²) in [6, 6.07) is 8.03. The molecule has 2 aromatic heterocycles. The standard InChI is InChI=1S/C14H14ClN3OS/c15-13-12(18-6-8-20-14(18)17-13)9-16-11-3-1-10(2-4-11)5-7-19/h1-4,6,8,16,19H,5,7,9H2. The normalized spacial score (nSPS) is 11.1. The third-order valence-corrected chi connectivity index (χ3v) is 4.19. The molecule has 0 amide bonds. The molecular formula is C14H14ClN3OS. The number of imidazole rings is 1. The quantitative estimate of drug-likeness (QED) is 0.761. The lowest BCUT2D eigenvalue weighted by Gasteiger charge is -2.07. The second-order valence-electron chi connectivity index (χ2n) is 4.43. The van der Waals surface area contributed by atoms with Gasteiger partial charge in [0.2, 0.25) is 0 Å². The van der Waals surface area contributed by atoms with Gasteiger partial charge in [0.05, 0.1) is 12.2 Å². The van der Waals surface area contributed by atoms with Crippen LogP contribution in [0.2, 0.25) is 5.15 Å². The number of halogens is 1. The predicted octanol–water partition coefficient (Wildman–Crippen LogP) is 3.20. The van der Waals surface area contributed by atoms with Crippen LogP contribution in [0.3, 0.4) is 0 Å². The Morgan fingerprint density at radius 1 is 1.30 bits per heavy atom. The topological polar surface area (TPSA) is 49.6 Å². The van der Waals surface area contributed by atoms with Crippen molar-refractivity contribution in [3.05, 3.63) is 52.3 Å². The highest BCUT2D eigenvalue weighted by Crippen LogP contribution is 2.22. The molecule has 4 nitrogen and oxygen atoms in total. The van der Waals surface area contributed by atoms with E-state index in [0.29, 0.717) is 18.1 Å². The third-order valence-electron chi connectivity index (χ3n) is 3.13. The number of hydrogen-bond acceptors (Lipinski definition) is 4. The first-order valence-corrected chi connectivity index (χ1v) is 7.57. The van der Waals surface area contributed by atoms with E-state index in [1.807, 2.05) is 40.2 Å². The van der Waals surface area contributed by atoms with Crippen molar-refractivity contribution >= 4 is 33.6 Å². The van der Waals surface area contributed by atoms with Crippen LogP contribution in [0.15, 0.2) is 35.8 Å². The van der Waals surface area contributed by atoms with Gasteiger partial charge in [0, 0.05) is 23.9 Å². The van der Waals surface area contributed by atoms with E-state index in [1.54, 1.807) is 11.3 Å². The van der Waals surface area contributed by atoms with Crippen LogP contribution in [0.4, 0.5) is 5.69 Å². The number of aromatic nitrogens is 2. The van der Waals surface area contributed by atoms with Gasteiger partial charge in [0.1, 0.15) is 0 Å². The molecular weight excluding hydrogens is 294 g/mol. The number of hydrogen-bond donors (Lipinski definition) is 2. The molecule has 0 aliphatic carbocycles. The highest BCUT2D eigenvalue weighted by Gasteiger charge is 2.10. The van der Waals surface area contributed by atoms with Crippen LogP contribution in [-0.4, -0.2) is 21.1 Å². The largest absolute Gasteiger partial charge is 0.396 e. The Morgan fingerprint density at radius 3 is 2.85 bits per heavy atom. The molecule has 3 aromatic rings. The zero-order valence-corrected chi connectivity index (χ0v) is 12.3. The van der Waals surface area contributed by atoms with Gasteiger partial charge in [-0.15, -0.1) is 11.3 Å². The number of fused-ring (bicyclic) bond motifs is 1. The van der Waals surface area contributed by atoms with Crippen molar-refractivity contribution in [3.8, 4) is 0 Å². The highest BCUT2D eigenvalue weighted by molar-refractivity contribution is 7.15. The number of nitrogens with one attached hydrogen (secondary N) is 1. The summed E-state index contributed by atoms with van der Waals surface area (Å²) in [6.45, 7) is 0.796. The maximum absolute atomic E-state index is 8.89. The van der Waals surface area contributed by atoms with E-state index in [4.69, 9.17) is 16.7 Å². The Hall–Kier alpha value is -1.56. The number of aliphatic hydroxyl groups is 1. The summed E-state index contributed by atoms with van der Waals surface area (Å²) >= 11 is 7.72. The van der Waals surface area contributed by atoms with Crippen LogP contribution in [0, 0.1) is 0 Å². The van der Waals surface area contributed by atoms with Crippen molar-refractivity contribution in [1.82, 2.24) is 9.38 Å². The molecule has 0 saturated heterocycles. The van der Waals surface area contributed by atoms with Crippen LogP contribution in [0.25, 0.3) is 4.96 Å². The van der Waals surface area contributed by atoms with E-state index in [0.717, 1.165) is 21.9 Å². The van der Waals surface area contributed by atoms with E-state index >= 15 is 0 Å². The molecule has 1 aromatic carbocycles. The van der Waals surface area contributed by atoms with Gasteiger partial charge in [-0.05, 0) is 24.1 Å². The maximum atomic E-state index is 8.89. The van der Waals surface area contributed by atoms with Crippen molar-refractivity contribution in [2.24, 2.45) is 0 Å². The third kappa shape index (κ3) is 2.65. The van der Waals surface area contributed by atoms with Gasteiger partial charge < -0.3 is 10.4 Å². The molecule has 0 saturated carbocycles. The number of thiazole rings is 1. The van der Waals surface area contributed by atoms with Crippen molar-refractivity contribution in [1.29, 1.82) is 0 Å². The molecule has 6 heteroatoms. The highest BCUT2D eigenvalue weighted by atomic mass is 35.5. The molecule has 104 valence electrons. The van der Waals surface area contributed by atoms with Crippen LogP contribution in [0.1, 0.15) is 11.3 Å². The number of aliphatic hydroxyl groups excluding tert-OH is 1. The molecule has 0 spiro atoms. The van der Waals surface area contributed by atoms with E-state index < -0.39 is 0 Å². The molecule has 20 heavy (non-hydrogen) atoms. The van der Waals surface area contributed by atoms with Gasteiger partial charge in [-0.1, -0.05) is 23.7 Å². The number of anilines is 1. The molecule has 2 heterocycles. The van der Waals surface area contributed by atoms with Crippen LogP contribution in [-0.2, 0) is 13.0 Å². The molecule has 0 unspecified atom stereocenters. The van der Waals surface area contributed by atoms with Gasteiger partial charge in [-0.25, -0.2) is 4.98 Å². The molecule has 0 bridgehead atoms. The summed E-state index contributed by atoms with van der Waals surface area (Å²) < 4.78 is 2.00. The average Bonchev–Trinajstić information content (AvgIpc) is 2.99. The molecule has 0 fully saturated rings. The molecule has 2 N–H and O–H groups in total. The van der Waals surface area contributed by atoms with E-state index in [-0.39, 0.29) is 6.61 Å².